The van der Waals surface area contributed by atoms with Crippen LogP contribution in [0.25, 0.3) is 33.2 Å². The zero-order valence-corrected chi connectivity index (χ0v) is 15.6. The van der Waals surface area contributed by atoms with E-state index in [0.29, 0.717) is 27.7 Å². The van der Waals surface area contributed by atoms with E-state index in [4.69, 9.17) is 4.42 Å². The van der Waals surface area contributed by atoms with E-state index in [2.05, 4.69) is 11.1 Å². The van der Waals surface area contributed by atoms with Crippen LogP contribution >= 0.6 is 11.3 Å². The number of nitriles is 1. The quantitative estimate of drug-likeness (QED) is 0.249. The molecule has 28 heavy (non-hydrogen) atoms. The Hall–Kier alpha value is -3.76. The van der Waals surface area contributed by atoms with E-state index in [-0.39, 0.29) is 5.69 Å². The molecule has 2 heterocycles. The molecule has 0 N–H and O–H groups in total. The minimum Gasteiger partial charge on any atom is -0.456 e. The van der Waals surface area contributed by atoms with Crippen LogP contribution in [0.5, 0.6) is 0 Å². The number of nitrogens with zero attached hydrogens (tertiary/aromatic N) is 3. The number of aromatic nitrogens is 1. The molecular weight excluding hydrogens is 374 g/mol. The van der Waals surface area contributed by atoms with Gasteiger partial charge in [-0.25, -0.2) is 4.98 Å². The summed E-state index contributed by atoms with van der Waals surface area (Å²) in [4.78, 5) is 15.4. The van der Waals surface area contributed by atoms with Crippen LogP contribution in [0.4, 0.5) is 5.69 Å². The Labute approximate surface area is 164 Å². The van der Waals surface area contributed by atoms with Crippen LogP contribution in [0.2, 0.25) is 0 Å². The van der Waals surface area contributed by atoms with E-state index >= 15 is 0 Å². The molecule has 0 spiro atoms. The van der Waals surface area contributed by atoms with Crippen LogP contribution in [0, 0.1) is 28.4 Å². The summed E-state index contributed by atoms with van der Waals surface area (Å²) in [6.45, 7) is 1.80. The molecule has 0 saturated heterocycles. The minimum absolute atomic E-state index is 0.0171. The number of benzene rings is 2. The summed E-state index contributed by atoms with van der Waals surface area (Å²) in [7, 11) is 0. The number of thiazole rings is 1. The molecule has 0 bridgehead atoms. The Morgan fingerprint density at radius 2 is 2.07 bits per heavy atom. The van der Waals surface area contributed by atoms with Gasteiger partial charge in [0, 0.05) is 12.1 Å². The largest absolute Gasteiger partial charge is 0.456 e. The monoisotopic (exact) mass is 387 g/mol. The average molecular weight is 387 g/mol. The first-order valence-corrected chi connectivity index (χ1v) is 9.20. The summed E-state index contributed by atoms with van der Waals surface area (Å²) in [5, 5.41) is 21.5. The van der Waals surface area contributed by atoms with Crippen molar-refractivity contribution in [3.05, 3.63) is 81.0 Å². The Balaban J connectivity index is 1.73. The van der Waals surface area contributed by atoms with E-state index in [1.54, 1.807) is 37.3 Å². The molecule has 136 valence electrons. The maximum atomic E-state index is 11.4. The second-order valence-electron chi connectivity index (χ2n) is 6.14. The van der Waals surface area contributed by atoms with Gasteiger partial charge in [-0.05, 0) is 42.8 Å². The number of allylic oxidation sites excluding steroid dienone is 1. The lowest BCUT2D eigenvalue weighted by Crippen LogP contribution is -1.92. The highest BCUT2D eigenvalue weighted by Crippen LogP contribution is 2.33. The predicted octanol–water partition coefficient (Wildman–Crippen LogP) is 5.84. The number of rotatable bonds is 4. The molecule has 0 aliphatic carbocycles. The van der Waals surface area contributed by atoms with Crippen LogP contribution in [-0.2, 0) is 0 Å². The Bertz CT molecular complexity index is 1240. The van der Waals surface area contributed by atoms with E-state index in [1.165, 1.54) is 17.4 Å². The highest BCUT2D eigenvalue weighted by atomic mass is 32.1. The molecule has 2 aromatic carbocycles. The summed E-state index contributed by atoms with van der Waals surface area (Å²) in [6, 6.07) is 18.1. The number of fused-ring (bicyclic) bond motifs is 1. The summed E-state index contributed by atoms with van der Waals surface area (Å²) in [6.07, 6.45) is 1.60. The van der Waals surface area contributed by atoms with Gasteiger partial charge in [-0.1, -0.05) is 18.2 Å². The summed E-state index contributed by atoms with van der Waals surface area (Å²) >= 11 is 1.43. The number of aryl methyl sites for hydroxylation is 1. The fourth-order valence-electron chi connectivity index (χ4n) is 2.85. The van der Waals surface area contributed by atoms with E-state index in [0.717, 1.165) is 15.8 Å². The van der Waals surface area contributed by atoms with Crippen LogP contribution < -0.4 is 0 Å². The number of para-hydroxylation sites is 1. The first kappa shape index (κ1) is 17.6. The van der Waals surface area contributed by atoms with Crippen molar-refractivity contribution in [3.8, 4) is 17.4 Å². The lowest BCUT2D eigenvalue weighted by Gasteiger charge is -2.01. The van der Waals surface area contributed by atoms with Crippen molar-refractivity contribution in [2.75, 3.05) is 0 Å². The smallest absolute Gasteiger partial charge is 0.280 e. The molecule has 2 aromatic heterocycles. The predicted molar refractivity (Wildman–Crippen MR) is 109 cm³/mol. The molecule has 0 amide bonds. The normalized spacial score (nSPS) is 11.5. The first-order chi connectivity index (χ1) is 13.5. The van der Waals surface area contributed by atoms with Crippen molar-refractivity contribution in [2.24, 2.45) is 0 Å². The van der Waals surface area contributed by atoms with Gasteiger partial charge in [-0.2, -0.15) is 5.26 Å². The lowest BCUT2D eigenvalue weighted by molar-refractivity contribution is -0.384. The van der Waals surface area contributed by atoms with Gasteiger partial charge >= 0.3 is 0 Å². The maximum absolute atomic E-state index is 11.4. The fourth-order valence-corrected chi connectivity index (χ4v) is 3.78. The molecule has 7 heteroatoms. The molecule has 6 nitrogen and oxygen atoms in total. The Kier molecular flexibility index (Phi) is 4.47. The molecular formula is C21H13N3O3S. The van der Waals surface area contributed by atoms with Crippen molar-refractivity contribution in [3.63, 3.8) is 0 Å². The maximum Gasteiger partial charge on any atom is 0.280 e. The Morgan fingerprint density at radius 1 is 1.25 bits per heavy atom. The molecule has 0 unspecified atom stereocenters. The van der Waals surface area contributed by atoms with Gasteiger partial charge in [0.2, 0.25) is 0 Å². The third-order valence-corrected chi connectivity index (χ3v) is 5.24. The van der Waals surface area contributed by atoms with Gasteiger partial charge in [0.05, 0.1) is 26.3 Å². The number of hydrogen-bond donors (Lipinski definition) is 0. The fraction of sp³-hybridized carbons (Fsp3) is 0.0476. The van der Waals surface area contributed by atoms with Crippen molar-refractivity contribution < 1.29 is 9.34 Å². The van der Waals surface area contributed by atoms with Crippen LogP contribution in [0.15, 0.2) is 59.0 Å². The van der Waals surface area contributed by atoms with E-state index in [1.807, 2.05) is 24.3 Å². The third-order valence-electron chi connectivity index (χ3n) is 4.17. The SMILES string of the molecule is Cc1ccc(-c2ccc(/C=C(/C#N)c3nc4ccccc4s3)o2)c([N+](=O)[O-])c1. The summed E-state index contributed by atoms with van der Waals surface area (Å²) < 4.78 is 6.77. The first-order valence-electron chi connectivity index (χ1n) is 8.38. The number of hydrogen-bond acceptors (Lipinski definition) is 6. The van der Waals surface area contributed by atoms with Gasteiger partial charge in [-0.15, -0.1) is 11.3 Å². The van der Waals surface area contributed by atoms with Gasteiger partial charge < -0.3 is 4.42 Å². The summed E-state index contributed by atoms with van der Waals surface area (Å²) in [5.74, 6) is 0.806. The number of nitro groups is 1. The third kappa shape index (κ3) is 3.29. The van der Waals surface area contributed by atoms with Crippen LogP contribution in [0.1, 0.15) is 16.3 Å². The van der Waals surface area contributed by atoms with Gasteiger partial charge in [0.15, 0.2) is 0 Å². The van der Waals surface area contributed by atoms with Gasteiger partial charge in [0.1, 0.15) is 22.6 Å². The van der Waals surface area contributed by atoms with Crippen molar-refractivity contribution in [1.29, 1.82) is 5.26 Å². The van der Waals surface area contributed by atoms with Crippen molar-refractivity contribution in [1.82, 2.24) is 4.98 Å². The topological polar surface area (TPSA) is 93.0 Å². The zero-order valence-electron chi connectivity index (χ0n) is 14.7. The molecule has 0 radical (unpaired) electrons. The number of furan rings is 1. The van der Waals surface area contributed by atoms with E-state index in [9.17, 15) is 15.4 Å². The van der Waals surface area contributed by atoms with Gasteiger partial charge in [-0.3, -0.25) is 10.1 Å². The molecule has 0 aliphatic heterocycles. The molecule has 4 rings (SSSR count). The molecule has 0 fully saturated rings. The van der Waals surface area contributed by atoms with E-state index < -0.39 is 4.92 Å². The van der Waals surface area contributed by atoms with Crippen molar-refractivity contribution >= 4 is 38.9 Å². The van der Waals surface area contributed by atoms with Crippen LogP contribution in [-0.4, -0.2) is 9.91 Å². The standard InChI is InChI=1S/C21H13N3O3S/c1-13-6-8-16(18(10-13)24(25)26)19-9-7-15(27-19)11-14(12-22)21-23-17-4-2-3-5-20(17)28-21/h2-11H,1H3/b14-11-. The molecule has 0 saturated carbocycles. The average Bonchev–Trinajstić information content (AvgIpc) is 3.32. The molecule has 4 aromatic rings. The summed E-state index contributed by atoms with van der Waals surface area (Å²) in [5.41, 5.74) is 2.38. The molecule has 0 atom stereocenters. The highest BCUT2D eigenvalue weighted by molar-refractivity contribution is 7.19. The van der Waals surface area contributed by atoms with Crippen molar-refractivity contribution in [2.45, 2.75) is 6.92 Å². The molecule has 0 aliphatic rings. The second kappa shape index (κ2) is 7.10. The highest BCUT2D eigenvalue weighted by Gasteiger charge is 2.18. The van der Waals surface area contributed by atoms with Crippen LogP contribution in [0.3, 0.4) is 0 Å². The Morgan fingerprint density at radius 3 is 2.82 bits per heavy atom. The second-order valence-corrected chi connectivity index (χ2v) is 7.17. The minimum atomic E-state index is -0.428. The van der Waals surface area contributed by atoms with Gasteiger partial charge in [0.25, 0.3) is 5.69 Å². The zero-order chi connectivity index (χ0) is 19.7. The lowest BCUT2D eigenvalue weighted by atomic mass is 10.1. The number of nitro benzene ring substituents is 1.